The van der Waals surface area contributed by atoms with Gasteiger partial charge in [-0.2, -0.15) is 0 Å². The molecule has 2 heterocycles. The lowest BCUT2D eigenvalue weighted by Gasteiger charge is -2.42. The Hall–Kier alpha value is -0.650. The molecule has 0 aromatic heterocycles. The van der Waals surface area contributed by atoms with Crippen molar-refractivity contribution in [2.45, 2.75) is 45.4 Å². The van der Waals surface area contributed by atoms with Crippen LogP contribution in [0.25, 0.3) is 0 Å². The van der Waals surface area contributed by atoms with E-state index in [1.807, 2.05) is 25.7 Å². The third-order valence-electron chi connectivity index (χ3n) is 3.75. The van der Waals surface area contributed by atoms with Gasteiger partial charge in [-0.25, -0.2) is 0 Å². The Labute approximate surface area is 115 Å². The van der Waals surface area contributed by atoms with Gasteiger partial charge in [0.25, 0.3) is 0 Å². The van der Waals surface area contributed by atoms with Gasteiger partial charge in [0, 0.05) is 19.1 Å². The number of hydrogen-bond donors (Lipinski definition) is 1. The molecule has 0 aromatic rings. The highest BCUT2D eigenvalue weighted by atomic mass is 16.5. The number of nitrogens with one attached hydrogen (secondary N) is 1. The second-order valence-electron chi connectivity index (χ2n) is 6.22. The first-order chi connectivity index (χ1) is 8.93. The SMILES string of the molecule is CCNC1COCC1C(=O)N1CC(C)OC(C)(C)C1. The molecule has 19 heavy (non-hydrogen) atoms. The van der Waals surface area contributed by atoms with Crippen LogP contribution in [0.5, 0.6) is 0 Å². The zero-order valence-electron chi connectivity index (χ0n) is 12.4. The van der Waals surface area contributed by atoms with Crippen molar-refractivity contribution in [1.82, 2.24) is 10.2 Å². The molecule has 0 saturated carbocycles. The van der Waals surface area contributed by atoms with E-state index in [4.69, 9.17) is 9.47 Å². The van der Waals surface area contributed by atoms with Gasteiger partial charge in [0.2, 0.25) is 5.91 Å². The van der Waals surface area contributed by atoms with Gasteiger partial charge in [-0.1, -0.05) is 6.92 Å². The molecule has 5 nitrogen and oxygen atoms in total. The molecule has 2 rings (SSSR count). The Morgan fingerprint density at radius 1 is 1.42 bits per heavy atom. The van der Waals surface area contributed by atoms with Crippen molar-refractivity contribution in [3.8, 4) is 0 Å². The van der Waals surface area contributed by atoms with Crippen LogP contribution in [0.3, 0.4) is 0 Å². The predicted molar refractivity (Wildman–Crippen MR) is 73.0 cm³/mol. The average Bonchev–Trinajstić information content (AvgIpc) is 2.74. The first kappa shape index (κ1) is 14.8. The molecule has 2 saturated heterocycles. The van der Waals surface area contributed by atoms with Gasteiger partial charge in [0.05, 0.1) is 30.8 Å². The van der Waals surface area contributed by atoms with Crippen molar-refractivity contribution in [3.05, 3.63) is 0 Å². The van der Waals surface area contributed by atoms with Gasteiger partial charge < -0.3 is 19.7 Å². The summed E-state index contributed by atoms with van der Waals surface area (Å²) in [6.07, 6.45) is 0.0904. The summed E-state index contributed by atoms with van der Waals surface area (Å²) in [6, 6.07) is 0.152. The first-order valence-corrected chi connectivity index (χ1v) is 7.20. The van der Waals surface area contributed by atoms with E-state index in [2.05, 4.69) is 12.2 Å². The molecule has 0 bridgehead atoms. The molecule has 2 aliphatic rings. The minimum absolute atomic E-state index is 0.0546. The van der Waals surface area contributed by atoms with Crippen LogP contribution in [0.4, 0.5) is 0 Å². The monoisotopic (exact) mass is 270 g/mol. The minimum atomic E-state index is -0.263. The maximum Gasteiger partial charge on any atom is 0.229 e. The molecule has 0 spiro atoms. The maximum atomic E-state index is 12.7. The maximum absolute atomic E-state index is 12.7. The van der Waals surface area contributed by atoms with Crippen molar-refractivity contribution in [3.63, 3.8) is 0 Å². The Balaban J connectivity index is 2.02. The largest absolute Gasteiger partial charge is 0.379 e. The number of morpholine rings is 1. The lowest BCUT2D eigenvalue weighted by Crippen LogP contribution is -2.56. The summed E-state index contributed by atoms with van der Waals surface area (Å²) in [5.41, 5.74) is -0.263. The zero-order chi connectivity index (χ0) is 14.0. The third kappa shape index (κ3) is 3.46. The van der Waals surface area contributed by atoms with Gasteiger partial charge in [-0.05, 0) is 27.3 Å². The highest BCUT2D eigenvalue weighted by molar-refractivity contribution is 5.80. The van der Waals surface area contributed by atoms with Gasteiger partial charge in [0.15, 0.2) is 0 Å². The predicted octanol–water partition coefficient (Wildman–Crippen LogP) is 0.637. The Morgan fingerprint density at radius 2 is 2.16 bits per heavy atom. The fourth-order valence-electron chi connectivity index (χ4n) is 3.12. The van der Waals surface area contributed by atoms with Crippen molar-refractivity contribution >= 4 is 5.91 Å². The fraction of sp³-hybridized carbons (Fsp3) is 0.929. The standard InChI is InChI=1S/C14H26N2O3/c1-5-15-12-8-18-7-11(12)13(17)16-6-10(2)19-14(3,4)9-16/h10-12,15H,5-9H2,1-4H3. The van der Waals surface area contributed by atoms with E-state index in [0.29, 0.717) is 26.3 Å². The molecule has 1 N–H and O–H groups in total. The topological polar surface area (TPSA) is 50.8 Å². The average molecular weight is 270 g/mol. The van der Waals surface area contributed by atoms with Crippen molar-refractivity contribution in [2.24, 2.45) is 5.92 Å². The van der Waals surface area contributed by atoms with Crippen LogP contribution < -0.4 is 5.32 Å². The second-order valence-corrected chi connectivity index (χ2v) is 6.22. The number of rotatable bonds is 3. The molecule has 0 radical (unpaired) electrons. The lowest BCUT2D eigenvalue weighted by molar-refractivity contribution is -0.162. The molecular weight excluding hydrogens is 244 g/mol. The Morgan fingerprint density at radius 3 is 2.79 bits per heavy atom. The van der Waals surface area contributed by atoms with Crippen molar-refractivity contribution in [2.75, 3.05) is 32.8 Å². The van der Waals surface area contributed by atoms with E-state index in [-0.39, 0.29) is 29.6 Å². The first-order valence-electron chi connectivity index (χ1n) is 7.20. The van der Waals surface area contributed by atoms with Gasteiger partial charge in [0.1, 0.15) is 0 Å². The number of ether oxygens (including phenoxy) is 2. The summed E-state index contributed by atoms with van der Waals surface area (Å²) in [6.45, 7) is 11.5. The van der Waals surface area contributed by atoms with Crippen LogP contribution in [0, 0.1) is 5.92 Å². The molecule has 0 aliphatic carbocycles. The van der Waals surface area contributed by atoms with Crippen LogP contribution in [0.15, 0.2) is 0 Å². The van der Waals surface area contributed by atoms with Crippen LogP contribution in [0.1, 0.15) is 27.7 Å². The number of hydrogen-bond acceptors (Lipinski definition) is 4. The van der Waals surface area contributed by atoms with Crippen LogP contribution in [-0.2, 0) is 14.3 Å². The molecule has 3 unspecified atom stereocenters. The summed E-state index contributed by atoms with van der Waals surface area (Å²) < 4.78 is 11.3. The van der Waals surface area contributed by atoms with Crippen molar-refractivity contribution < 1.29 is 14.3 Å². The summed E-state index contributed by atoms with van der Waals surface area (Å²) in [5, 5.41) is 3.34. The number of carbonyl (C=O) groups is 1. The number of nitrogens with zero attached hydrogens (tertiary/aromatic N) is 1. The summed E-state index contributed by atoms with van der Waals surface area (Å²) >= 11 is 0. The molecule has 3 atom stereocenters. The van der Waals surface area contributed by atoms with Crippen molar-refractivity contribution in [1.29, 1.82) is 0 Å². The molecule has 1 amide bonds. The lowest BCUT2D eigenvalue weighted by atomic mass is 9.98. The van der Waals surface area contributed by atoms with Crippen LogP contribution in [-0.4, -0.2) is 61.4 Å². The Kier molecular flexibility index (Phi) is 4.48. The highest BCUT2D eigenvalue weighted by Gasteiger charge is 2.40. The highest BCUT2D eigenvalue weighted by Crippen LogP contribution is 2.24. The van der Waals surface area contributed by atoms with E-state index in [1.165, 1.54) is 0 Å². The summed E-state index contributed by atoms with van der Waals surface area (Å²) in [5.74, 6) is 0.146. The fourth-order valence-corrected chi connectivity index (χ4v) is 3.12. The van der Waals surface area contributed by atoms with Gasteiger partial charge in [-0.3, -0.25) is 4.79 Å². The Bertz CT molecular complexity index is 333. The minimum Gasteiger partial charge on any atom is -0.379 e. The van der Waals surface area contributed by atoms with E-state index in [0.717, 1.165) is 6.54 Å². The van der Waals surface area contributed by atoms with Crippen LogP contribution in [0.2, 0.25) is 0 Å². The van der Waals surface area contributed by atoms with E-state index in [1.54, 1.807) is 0 Å². The quantitative estimate of drug-likeness (QED) is 0.817. The number of likely N-dealkylation sites (N-methyl/N-ethyl adjacent to an activating group) is 1. The third-order valence-corrected chi connectivity index (χ3v) is 3.75. The van der Waals surface area contributed by atoms with E-state index in [9.17, 15) is 4.79 Å². The smallest absolute Gasteiger partial charge is 0.229 e. The molecule has 2 fully saturated rings. The molecule has 2 aliphatic heterocycles. The van der Waals surface area contributed by atoms with E-state index < -0.39 is 0 Å². The second kappa shape index (κ2) is 5.77. The summed E-state index contributed by atoms with van der Waals surface area (Å²) in [4.78, 5) is 14.6. The summed E-state index contributed by atoms with van der Waals surface area (Å²) in [7, 11) is 0. The van der Waals surface area contributed by atoms with Gasteiger partial charge >= 0.3 is 0 Å². The number of carbonyl (C=O) groups excluding carboxylic acids is 1. The molecular formula is C14H26N2O3. The molecule has 0 aromatic carbocycles. The molecule has 5 heteroatoms. The van der Waals surface area contributed by atoms with E-state index >= 15 is 0 Å². The normalized spacial score (nSPS) is 34.5. The van der Waals surface area contributed by atoms with Gasteiger partial charge in [-0.15, -0.1) is 0 Å². The number of amides is 1. The zero-order valence-corrected chi connectivity index (χ0v) is 12.4. The van der Waals surface area contributed by atoms with Crippen LogP contribution >= 0.6 is 0 Å². The molecule has 110 valence electrons.